The van der Waals surface area contributed by atoms with Gasteiger partial charge < -0.3 is 15.5 Å². The Labute approximate surface area is 85.0 Å². The summed E-state index contributed by atoms with van der Waals surface area (Å²) < 4.78 is 0. The van der Waals surface area contributed by atoms with E-state index < -0.39 is 0 Å². The topological polar surface area (TPSA) is 44.4 Å². The van der Waals surface area contributed by atoms with Crippen molar-refractivity contribution in [2.24, 2.45) is 0 Å². The quantitative estimate of drug-likeness (QED) is 0.644. The third-order valence-corrected chi connectivity index (χ3v) is 3.25. The van der Waals surface area contributed by atoms with E-state index in [0.29, 0.717) is 12.1 Å². The largest absolute Gasteiger partial charge is 0.338 e. The molecule has 2 aliphatic heterocycles. The minimum atomic E-state index is 0.135. The molecule has 0 spiro atoms. The second kappa shape index (κ2) is 4.17. The van der Waals surface area contributed by atoms with Crippen LogP contribution < -0.4 is 10.6 Å². The van der Waals surface area contributed by atoms with Crippen LogP contribution in [-0.4, -0.2) is 42.6 Å². The number of piperidine rings is 1. The fraction of sp³-hybridized carbons (Fsp3) is 0.900. The molecular weight excluding hydrogens is 178 g/mol. The van der Waals surface area contributed by atoms with Crippen LogP contribution in [-0.2, 0) is 0 Å². The molecule has 0 aromatic rings. The Bertz CT molecular complexity index is 213. The standard InChI is InChI=1S/C10H19N3O/c1-8-2-7-12-10(14)13(8)9-3-5-11-6-4-9/h8-9,11H,2-7H2,1H3,(H,12,14). The summed E-state index contributed by atoms with van der Waals surface area (Å²) in [7, 11) is 0. The van der Waals surface area contributed by atoms with Gasteiger partial charge in [-0.1, -0.05) is 0 Å². The van der Waals surface area contributed by atoms with E-state index in [2.05, 4.69) is 17.6 Å². The van der Waals surface area contributed by atoms with Gasteiger partial charge >= 0.3 is 6.03 Å². The molecule has 2 saturated heterocycles. The molecule has 0 radical (unpaired) electrons. The smallest absolute Gasteiger partial charge is 0.317 e. The van der Waals surface area contributed by atoms with E-state index in [1.165, 1.54) is 0 Å². The maximum Gasteiger partial charge on any atom is 0.317 e. The van der Waals surface area contributed by atoms with Crippen molar-refractivity contribution in [3.05, 3.63) is 0 Å². The van der Waals surface area contributed by atoms with Gasteiger partial charge in [-0.2, -0.15) is 0 Å². The number of rotatable bonds is 1. The highest BCUT2D eigenvalue weighted by Gasteiger charge is 2.31. The molecule has 2 heterocycles. The summed E-state index contributed by atoms with van der Waals surface area (Å²) in [4.78, 5) is 13.7. The fourth-order valence-corrected chi connectivity index (χ4v) is 2.43. The molecule has 4 heteroatoms. The van der Waals surface area contributed by atoms with Crippen molar-refractivity contribution in [2.45, 2.75) is 38.3 Å². The van der Waals surface area contributed by atoms with Gasteiger partial charge in [0.15, 0.2) is 0 Å². The Morgan fingerprint density at radius 1 is 1.21 bits per heavy atom. The molecule has 14 heavy (non-hydrogen) atoms. The van der Waals surface area contributed by atoms with Crippen molar-refractivity contribution in [3.63, 3.8) is 0 Å². The van der Waals surface area contributed by atoms with E-state index in [9.17, 15) is 4.79 Å². The van der Waals surface area contributed by atoms with Crippen LogP contribution in [0, 0.1) is 0 Å². The molecule has 0 aromatic heterocycles. The average Bonchev–Trinajstić information content (AvgIpc) is 2.19. The summed E-state index contributed by atoms with van der Waals surface area (Å²) in [6.07, 6.45) is 3.27. The van der Waals surface area contributed by atoms with Gasteiger partial charge in [-0.25, -0.2) is 4.79 Å². The van der Waals surface area contributed by atoms with Crippen molar-refractivity contribution in [1.82, 2.24) is 15.5 Å². The zero-order valence-electron chi connectivity index (χ0n) is 8.75. The summed E-state index contributed by atoms with van der Waals surface area (Å²) >= 11 is 0. The first-order valence-electron chi connectivity index (χ1n) is 5.56. The summed E-state index contributed by atoms with van der Waals surface area (Å²) in [5.74, 6) is 0. The minimum Gasteiger partial charge on any atom is -0.338 e. The maximum atomic E-state index is 11.7. The Morgan fingerprint density at radius 3 is 2.57 bits per heavy atom. The van der Waals surface area contributed by atoms with Crippen LogP contribution in [0.25, 0.3) is 0 Å². The van der Waals surface area contributed by atoms with E-state index in [4.69, 9.17) is 0 Å². The normalized spacial score (nSPS) is 30.2. The zero-order chi connectivity index (χ0) is 9.97. The summed E-state index contributed by atoms with van der Waals surface area (Å²) in [6.45, 7) is 5.07. The van der Waals surface area contributed by atoms with E-state index in [1.807, 2.05) is 4.90 Å². The van der Waals surface area contributed by atoms with Gasteiger partial charge in [0.2, 0.25) is 0 Å². The second-order valence-corrected chi connectivity index (χ2v) is 4.26. The van der Waals surface area contributed by atoms with E-state index >= 15 is 0 Å². The van der Waals surface area contributed by atoms with Gasteiger partial charge in [0.05, 0.1) is 0 Å². The van der Waals surface area contributed by atoms with Crippen molar-refractivity contribution < 1.29 is 4.79 Å². The maximum absolute atomic E-state index is 11.7. The van der Waals surface area contributed by atoms with E-state index in [1.54, 1.807) is 0 Å². The molecule has 2 aliphatic rings. The van der Waals surface area contributed by atoms with Crippen molar-refractivity contribution >= 4 is 6.03 Å². The van der Waals surface area contributed by atoms with Crippen LogP contribution in [0.5, 0.6) is 0 Å². The number of urea groups is 1. The molecule has 0 bridgehead atoms. The third kappa shape index (κ3) is 1.85. The Balaban J connectivity index is 2.01. The Kier molecular flexibility index (Phi) is 2.91. The first-order chi connectivity index (χ1) is 6.79. The van der Waals surface area contributed by atoms with Crippen molar-refractivity contribution in [2.75, 3.05) is 19.6 Å². The van der Waals surface area contributed by atoms with Crippen LogP contribution in [0.4, 0.5) is 4.79 Å². The van der Waals surface area contributed by atoms with Crippen LogP contribution in [0.3, 0.4) is 0 Å². The van der Waals surface area contributed by atoms with Gasteiger partial charge in [-0.15, -0.1) is 0 Å². The molecule has 80 valence electrons. The van der Waals surface area contributed by atoms with Gasteiger partial charge in [-0.3, -0.25) is 0 Å². The fourth-order valence-electron chi connectivity index (χ4n) is 2.43. The first-order valence-corrected chi connectivity index (χ1v) is 5.56. The highest BCUT2D eigenvalue weighted by molar-refractivity contribution is 5.75. The molecule has 2 fully saturated rings. The highest BCUT2D eigenvalue weighted by atomic mass is 16.2. The monoisotopic (exact) mass is 197 g/mol. The molecule has 2 amide bonds. The molecular formula is C10H19N3O. The average molecular weight is 197 g/mol. The number of hydrogen-bond acceptors (Lipinski definition) is 2. The lowest BCUT2D eigenvalue weighted by molar-refractivity contribution is 0.114. The van der Waals surface area contributed by atoms with E-state index in [-0.39, 0.29) is 6.03 Å². The van der Waals surface area contributed by atoms with Gasteiger partial charge in [0, 0.05) is 18.6 Å². The summed E-state index contributed by atoms with van der Waals surface area (Å²) in [6, 6.07) is 0.994. The summed E-state index contributed by atoms with van der Waals surface area (Å²) in [5.41, 5.74) is 0. The predicted octanol–water partition coefficient (Wildman–Crippen LogP) is 0.542. The zero-order valence-corrected chi connectivity index (χ0v) is 8.75. The number of carbonyl (C=O) groups is 1. The molecule has 1 atom stereocenters. The van der Waals surface area contributed by atoms with Gasteiger partial charge in [0.25, 0.3) is 0 Å². The third-order valence-electron chi connectivity index (χ3n) is 3.25. The summed E-state index contributed by atoms with van der Waals surface area (Å²) in [5, 5.41) is 6.25. The van der Waals surface area contributed by atoms with Crippen LogP contribution in [0.2, 0.25) is 0 Å². The lowest BCUT2D eigenvalue weighted by Gasteiger charge is -2.41. The Hall–Kier alpha value is -0.770. The minimum absolute atomic E-state index is 0.135. The number of hydrogen-bond donors (Lipinski definition) is 2. The lowest BCUT2D eigenvalue weighted by atomic mass is 10.0. The second-order valence-electron chi connectivity index (χ2n) is 4.26. The molecule has 2 N–H and O–H groups in total. The molecule has 1 unspecified atom stereocenters. The van der Waals surface area contributed by atoms with Crippen LogP contribution >= 0.6 is 0 Å². The van der Waals surface area contributed by atoms with Crippen molar-refractivity contribution in [1.29, 1.82) is 0 Å². The predicted molar refractivity (Wildman–Crippen MR) is 55.2 cm³/mol. The number of amides is 2. The first kappa shape index (κ1) is 9.77. The van der Waals surface area contributed by atoms with Crippen molar-refractivity contribution in [3.8, 4) is 0 Å². The molecule has 0 aromatic carbocycles. The van der Waals surface area contributed by atoms with Crippen LogP contribution in [0.15, 0.2) is 0 Å². The highest BCUT2D eigenvalue weighted by Crippen LogP contribution is 2.19. The Morgan fingerprint density at radius 2 is 1.93 bits per heavy atom. The number of carbonyl (C=O) groups excluding carboxylic acids is 1. The number of nitrogens with zero attached hydrogens (tertiary/aromatic N) is 1. The SMILES string of the molecule is CC1CCNC(=O)N1C1CCNCC1. The lowest BCUT2D eigenvalue weighted by Crippen LogP contribution is -2.57. The van der Waals surface area contributed by atoms with Crippen LogP contribution in [0.1, 0.15) is 26.2 Å². The van der Waals surface area contributed by atoms with E-state index in [0.717, 1.165) is 38.9 Å². The molecule has 0 saturated carbocycles. The molecule has 4 nitrogen and oxygen atoms in total. The molecule has 2 rings (SSSR count). The molecule has 0 aliphatic carbocycles. The number of nitrogens with one attached hydrogen (secondary N) is 2. The van der Waals surface area contributed by atoms with Gasteiger partial charge in [-0.05, 0) is 39.3 Å². The van der Waals surface area contributed by atoms with Gasteiger partial charge in [0.1, 0.15) is 0 Å².